The highest BCUT2D eigenvalue weighted by molar-refractivity contribution is 6.06. The maximum Gasteiger partial charge on any atom is 0.255 e. The van der Waals surface area contributed by atoms with Crippen LogP contribution in [0.25, 0.3) is 0 Å². The Labute approximate surface area is 231 Å². The standard InChI is InChI=1S/C32H40N4O3/c33-30-7-5-6-27(24-25-8-12-28(13-9-25)38-22-20-35-16-1-2-17-35)31(30)34-32(37)26-10-14-29(15-11-26)39-23-21-36-18-3-4-19-36/h5-15H,1-4,16-24,33H2,(H,34,37). The summed E-state index contributed by atoms with van der Waals surface area (Å²) in [5, 5.41) is 3.04. The van der Waals surface area contributed by atoms with Crippen LogP contribution in [0.5, 0.6) is 11.5 Å². The maximum atomic E-state index is 13.1. The first-order chi connectivity index (χ1) is 19.1. The van der Waals surface area contributed by atoms with E-state index in [0.29, 0.717) is 36.6 Å². The number of hydrogen-bond donors (Lipinski definition) is 2. The lowest BCUT2D eigenvalue weighted by molar-refractivity contribution is 0.102. The second kappa shape index (κ2) is 13.5. The number of amides is 1. The summed E-state index contributed by atoms with van der Waals surface area (Å²) in [7, 11) is 0. The smallest absolute Gasteiger partial charge is 0.255 e. The molecule has 2 heterocycles. The lowest BCUT2D eigenvalue weighted by atomic mass is 10.0. The number of likely N-dealkylation sites (tertiary alicyclic amines) is 2. The molecule has 2 saturated heterocycles. The number of rotatable bonds is 12. The van der Waals surface area contributed by atoms with Crippen molar-refractivity contribution in [3.8, 4) is 11.5 Å². The molecule has 1 amide bonds. The summed E-state index contributed by atoms with van der Waals surface area (Å²) in [4.78, 5) is 17.9. The van der Waals surface area contributed by atoms with E-state index in [9.17, 15) is 4.79 Å². The Kier molecular flexibility index (Phi) is 9.35. The van der Waals surface area contributed by atoms with E-state index in [1.165, 1.54) is 38.8 Å². The van der Waals surface area contributed by atoms with Gasteiger partial charge in [0.25, 0.3) is 5.91 Å². The molecule has 0 radical (unpaired) electrons. The molecule has 2 aliphatic heterocycles. The lowest BCUT2D eigenvalue weighted by Gasteiger charge is -2.16. The molecule has 39 heavy (non-hydrogen) atoms. The van der Waals surface area contributed by atoms with Gasteiger partial charge in [-0.2, -0.15) is 0 Å². The van der Waals surface area contributed by atoms with Gasteiger partial charge in [0.05, 0.1) is 11.4 Å². The number of nitrogen functional groups attached to an aromatic ring is 1. The van der Waals surface area contributed by atoms with Crippen molar-refractivity contribution < 1.29 is 14.3 Å². The Morgan fingerprint density at radius 3 is 1.85 bits per heavy atom. The number of nitrogens with zero attached hydrogens (tertiary/aromatic N) is 2. The van der Waals surface area contributed by atoms with Crippen LogP contribution < -0.4 is 20.5 Å². The minimum Gasteiger partial charge on any atom is -0.492 e. The number of nitrogens with two attached hydrogens (primary N) is 1. The maximum absolute atomic E-state index is 13.1. The van der Waals surface area contributed by atoms with Crippen molar-refractivity contribution in [2.24, 2.45) is 0 Å². The van der Waals surface area contributed by atoms with Crippen LogP contribution in [0, 0.1) is 0 Å². The van der Waals surface area contributed by atoms with Crippen molar-refractivity contribution in [2.45, 2.75) is 32.1 Å². The van der Waals surface area contributed by atoms with Gasteiger partial charge in [-0.3, -0.25) is 14.6 Å². The van der Waals surface area contributed by atoms with Crippen LogP contribution in [0.2, 0.25) is 0 Å². The third-order valence-corrected chi connectivity index (χ3v) is 7.61. The third kappa shape index (κ3) is 7.74. The minimum atomic E-state index is -0.195. The molecule has 0 saturated carbocycles. The highest BCUT2D eigenvalue weighted by Crippen LogP contribution is 2.27. The Morgan fingerprint density at radius 2 is 1.28 bits per heavy atom. The fraction of sp³-hybridized carbons (Fsp3) is 0.406. The van der Waals surface area contributed by atoms with Gasteiger partial charge in [0.1, 0.15) is 24.7 Å². The molecule has 2 fully saturated rings. The highest BCUT2D eigenvalue weighted by atomic mass is 16.5. The molecule has 5 rings (SSSR count). The molecule has 0 aliphatic carbocycles. The molecule has 3 aromatic carbocycles. The molecule has 2 aliphatic rings. The van der Waals surface area contributed by atoms with Crippen molar-refractivity contribution in [2.75, 3.05) is 63.5 Å². The first-order valence-electron chi connectivity index (χ1n) is 14.2. The van der Waals surface area contributed by atoms with Crippen molar-refractivity contribution in [1.29, 1.82) is 0 Å². The molecular weight excluding hydrogens is 488 g/mol. The SMILES string of the molecule is Nc1cccc(Cc2ccc(OCCN3CCCC3)cc2)c1NC(=O)c1ccc(OCCN2CCCC2)cc1. The molecule has 0 bridgehead atoms. The van der Waals surface area contributed by atoms with Crippen molar-refractivity contribution in [1.82, 2.24) is 9.80 Å². The Hall–Kier alpha value is -3.55. The van der Waals surface area contributed by atoms with Crippen LogP contribution in [-0.2, 0) is 6.42 Å². The monoisotopic (exact) mass is 528 g/mol. The predicted octanol–water partition coefficient (Wildman–Crippen LogP) is 5.06. The summed E-state index contributed by atoms with van der Waals surface area (Å²) in [6, 6.07) is 21.2. The van der Waals surface area contributed by atoms with Crippen LogP contribution in [0.1, 0.15) is 47.2 Å². The van der Waals surface area contributed by atoms with E-state index >= 15 is 0 Å². The van der Waals surface area contributed by atoms with Crippen LogP contribution >= 0.6 is 0 Å². The van der Waals surface area contributed by atoms with Crippen LogP contribution in [0.15, 0.2) is 66.7 Å². The topological polar surface area (TPSA) is 80.1 Å². The van der Waals surface area contributed by atoms with E-state index in [4.69, 9.17) is 15.2 Å². The molecule has 0 atom stereocenters. The van der Waals surface area contributed by atoms with Crippen molar-refractivity contribution in [3.05, 3.63) is 83.4 Å². The second-order valence-electron chi connectivity index (χ2n) is 10.5. The minimum absolute atomic E-state index is 0.195. The number of carbonyl (C=O) groups excluding carboxylic acids is 1. The Morgan fingerprint density at radius 1 is 0.744 bits per heavy atom. The number of anilines is 2. The average Bonchev–Trinajstić information content (AvgIpc) is 3.67. The molecular formula is C32H40N4O3. The van der Waals surface area contributed by atoms with E-state index in [1.807, 2.05) is 42.5 Å². The van der Waals surface area contributed by atoms with E-state index < -0.39 is 0 Å². The first-order valence-corrected chi connectivity index (χ1v) is 14.2. The molecule has 3 aromatic rings. The Bertz CT molecular complexity index is 1200. The van der Waals surface area contributed by atoms with E-state index in [-0.39, 0.29) is 5.91 Å². The highest BCUT2D eigenvalue weighted by Gasteiger charge is 2.14. The normalized spacial score (nSPS) is 15.9. The zero-order valence-electron chi connectivity index (χ0n) is 22.7. The quantitative estimate of drug-likeness (QED) is 0.320. The van der Waals surface area contributed by atoms with Crippen LogP contribution in [0.4, 0.5) is 11.4 Å². The number of benzene rings is 3. The fourth-order valence-corrected chi connectivity index (χ4v) is 5.33. The summed E-state index contributed by atoms with van der Waals surface area (Å²) in [5.74, 6) is 1.45. The van der Waals surface area contributed by atoms with Gasteiger partial charge >= 0.3 is 0 Å². The number of hydrogen-bond acceptors (Lipinski definition) is 6. The van der Waals surface area contributed by atoms with E-state index in [0.717, 1.165) is 48.8 Å². The molecule has 0 spiro atoms. The van der Waals surface area contributed by atoms with Crippen molar-refractivity contribution in [3.63, 3.8) is 0 Å². The zero-order chi connectivity index (χ0) is 26.9. The molecule has 7 heteroatoms. The summed E-state index contributed by atoms with van der Waals surface area (Å²) >= 11 is 0. The summed E-state index contributed by atoms with van der Waals surface area (Å²) in [6.45, 7) is 7.95. The molecule has 3 N–H and O–H groups in total. The molecule has 0 unspecified atom stereocenters. The lowest BCUT2D eigenvalue weighted by Crippen LogP contribution is -2.25. The fourth-order valence-electron chi connectivity index (χ4n) is 5.33. The first kappa shape index (κ1) is 27.0. The largest absolute Gasteiger partial charge is 0.492 e. The molecule has 206 valence electrons. The predicted molar refractivity (Wildman–Crippen MR) is 157 cm³/mol. The van der Waals surface area contributed by atoms with Gasteiger partial charge < -0.3 is 20.5 Å². The Balaban J connectivity index is 1.15. The molecule has 7 nitrogen and oxygen atoms in total. The van der Waals surface area contributed by atoms with Gasteiger partial charge in [-0.15, -0.1) is 0 Å². The summed E-state index contributed by atoms with van der Waals surface area (Å²) in [5.41, 5.74) is 10.1. The average molecular weight is 529 g/mol. The zero-order valence-corrected chi connectivity index (χ0v) is 22.7. The van der Waals surface area contributed by atoms with E-state index in [1.54, 1.807) is 12.1 Å². The van der Waals surface area contributed by atoms with Gasteiger partial charge in [0, 0.05) is 18.7 Å². The number of para-hydroxylation sites is 1. The van der Waals surface area contributed by atoms with Crippen molar-refractivity contribution >= 4 is 17.3 Å². The summed E-state index contributed by atoms with van der Waals surface area (Å²) < 4.78 is 11.8. The van der Waals surface area contributed by atoms with Crippen LogP contribution in [-0.4, -0.2) is 68.2 Å². The van der Waals surface area contributed by atoms with Gasteiger partial charge in [-0.1, -0.05) is 24.3 Å². The summed E-state index contributed by atoms with van der Waals surface area (Å²) in [6.07, 6.45) is 5.79. The van der Waals surface area contributed by atoms with E-state index in [2.05, 4.69) is 27.2 Å². The number of ether oxygens (including phenoxy) is 2. The second-order valence-corrected chi connectivity index (χ2v) is 10.5. The van der Waals surface area contributed by atoms with Gasteiger partial charge in [0.2, 0.25) is 0 Å². The van der Waals surface area contributed by atoms with Gasteiger partial charge in [-0.25, -0.2) is 0 Å². The molecule has 0 aromatic heterocycles. The van der Waals surface area contributed by atoms with Gasteiger partial charge in [-0.05, 0) is 112 Å². The third-order valence-electron chi connectivity index (χ3n) is 7.61. The van der Waals surface area contributed by atoms with Crippen LogP contribution in [0.3, 0.4) is 0 Å². The number of nitrogens with one attached hydrogen (secondary N) is 1. The van der Waals surface area contributed by atoms with Gasteiger partial charge in [0.15, 0.2) is 0 Å². The number of carbonyl (C=O) groups is 1.